The Balaban J connectivity index is 1.93. The number of methoxy groups -OCH3 is 1. The van der Waals surface area contributed by atoms with Gasteiger partial charge in [-0.1, -0.05) is 42.1 Å². The topological polar surface area (TPSA) is 26.3 Å². The molecule has 1 heterocycles. The summed E-state index contributed by atoms with van der Waals surface area (Å²) in [7, 11) is 1.44. The highest BCUT2D eigenvalue weighted by Crippen LogP contribution is 2.38. The molecule has 0 aromatic heterocycles. The number of esters is 1. The molecule has 1 atom stereocenters. The van der Waals surface area contributed by atoms with Gasteiger partial charge in [-0.3, -0.25) is 4.79 Å². The molecule has 0 radical (unpaired) electrons. The average molecular weight is 298 g/mol. The summed E-state index contributed by atoms with van der Waals surface area (Å²) >= 11 is 1.82. The molecule has 2 aromatic rings. The number of ether oxygens (including phenoxy) is 1. The number of rotatable bonds is 2. The molecule has 0 saturated carbocycles. The molecular formula is C18H18O2S. The van der Waals surface area contributed by atoms with E-state index in [0.717, 1.165) is 18.4 Å². The number of hydrogen-bond acceptors (Lipinski definition) is 3. The van der Waals surface area contributed by atoms with E-state index in [1.54, 1.807) is 0 Å². The van der Waals surface area contributed by atoms with Gasteiger partial charge in [-0.05, 0) is 48.6 Å². The average Bonchev–Trinajstić information content (AvgIpc) is 2.71. The van der Waals surface area contributed by atoms with Gasteiger partial charge in [0.25, 0.3) is 0 Å². The summed E-state index contributed by atoms with van der Waals surface area (Å²) in [6.07, 6.45) is 2.06. The van der Waals surface area contributed by atoms with Crippen LogP contribution in [0.5, 0.6) is 0 Å². The molecule has 1 aliphatic heterocycles. The fraction of sp³-hybridized carbons (Fsp3) is 0.278. The number of aryl methyl sites for hydroxylation is 2. The van der Waals surface area contributed by atoms with Gasteiger partial charge in [-0.25, -0.2) is 0 Å². The highest BCUT2D eigenvalue weighted by atomic mass is 32.2. The molecule has 3 rings (SSSR count). The van der Waals surface area contributed by atoms with Crippen LogP contribution < -0.4 is 0 Å². The molecule has 1 aliphatic rings. The summed E-state index contributed by atoms with van der Waals surface area (Å²) in [6.45, 7) is 1.89. The van der Waals surface area contributed by atoms with Crippen LogP contribution >= 0.6 is 11.8 Å². The summed E-state index contributed by atoms with van der Waals surface area (Å²) in [5.41, 5.74) is 3.76. The normalized spacial score (nSPS) is 14.6. The molecule has 0 aliphatic carbocycles. The number of benzene rings is 2. The molecule has 2 nitrogen and oxygen atoms in total. The Morgan fingerprint density at radius 3 is 2.62 bits per heavy atom. The summed E-state index contributed by atoms with van der Waals surface area (Å²) < 4.78 is 4.84. The number of hydrogen-bond donors (Lipinski definition) is 0. The second-order valence-electron chi connectivity index (χ2n) is 5.32. The maximum Gasteiger partial charge on any atom is 0.312 e. The highest BCUT2D eigenvalue weighted by molar-refractivity contribution is 7.99. The lowest BCUT2D eigenvalue weighted by Gasteiger charge is -2.13. The molecule has 0 fully saturated rings. The van der Waals surface area contributed by atoms with E-state index < -0.39 is 0 Å². The van der Waals surface area contributed by atoms with E-state index >= 15 is 0 Å². The van der Waals surface area contributed by atoms with Gasteiger partial charge in [0.2, 0.25) is 0 Å². The lowest BCUT2D eigenvalue weighted by molar-refractivity contribution is -0.141. The summed E-state index contributed by atoms with van der Waals surface area (Å²) in [5, 5.41) is 0. The first-order valence-corrected chi connectivity index (χ1v) is 7.97. The van der Waals surface area contributed by atoms with Crippen molar-refractivity contribution in [2.75, 3.05) is 7.11 Å². The van der Waals surface area contributed by atoms with E-state index in [4.69, 9.17) is 4.74 Å². The predicted octanol–water partition coefficient (Wildman–Crippen LogP) is 4.21. The van der Waals surface area contributed by atoms with Crippen molar-refractivity contribution in [1.82, 2.24) is 0 Å². The summed E-state index contributed by atoms with van der Waals surface area (Å²) in [5.74, 6) is -0.393. The van der Waals surface area contributed by atoms with Crippen molar-refractivity contribution in [2.24, 2.45) is 0 Å². The van der Waals surface area contributed by atoms with E-state index in [1.165, 1.54) is 28.0 Å². The van der Waals surface area contributed by atoms with Gasteiger partial charge in [-0.2, -0.15) is 0 Å². The lowest BCUT2D eigenvalue weighted by Crippen LogP contribution is -2.11. The van der Waals surface area contributed by atoms with Gasteiger partial charge < -0.3 is 4.74 Å². The van der Waals surface area contributed by atoms with E-state index in [0.29, 0.717) is 0 Å². The van der Waals surface area contributed by atoms with Gasteiger partial charge in [0.05, 0.1) is 13.0 Å². The van der Waals surface area contributed by atoms with Gasteiger partial charge in [-0.15, -0.1) is 0 Å². The third-order valence-corrected chi connectivity index (χ3v) is 5.23. The maximum atomic E-state index is 11.7. The summed E-state index contributed by atoms with van der Waals surface area (Å²) in [4.78, 5) is 14.3. The molecule has 108 valence electrons. The number of carbonyl (C=O) groups excluding carboxylic acids is 1. The first kappa shape index (κ1) is 14.2. The Morgan fingerprint density at radius 1 is 1.10 bits per heavy atom. The lowest BCUT2D eigenvalue weighted by atomic mass is 9.96. The number of fused-ring (bicyclic) bond motifs is 2. The van der Waals surface area contributed by atoms with E-state index in [1.807, 2.05) is 24.8 Å². The zero-order valence-electron chi connectivity index (χ0n) is 12.3. The molecule has 0 saturated heterocycles. The molecule has 0 spiro atoms. The van der Waals surface area contributed by atoms with E-state index in [-0.39, 0.29) is 11.9 Å². The van der Waals surface area contributed by atoms with Crippen molar-refractivity contribution >= 4 is 17.7 Å². The van der Waals surface area contributed by atoms with Crippen molar-refractivity contribution < 1.29 is 9.53 Å². The van der Waals surface area contributed by atoms with E-state index in [9.17, 15) is 4.79 Å². The van der Waals surface area contributed by atoms with Crippen molar-refractivity contribution in [1.29, 1.82) is 0 Å². The third-order valence-electron chi connectivity index (χ3n) is 4.00. The first-order valence-electron chi connectivity index (χ1n) is 7.15. The number of carbonyl (C=O) groups is 1. The second kappa shape index (κ2) is 5.94. The highest BCUT2D eigenvalue weighted by Gasteiger charge is 2.19. The molecule has 21 heavy (non-hydrogen) atoms. The molecule has 0 bridgehead atoms. The fourth-order valence-corrected chi connectivity index (χ4v) is 3.79. The van der Waals surface area contributed by atoms with Crippen LogP contribution in [0.3, 0.4) is 0 Å². The van der Waals surface area contributed by atoms with Gasteiger partial charge in [0.15, 0.2) is 0 Å². The largest absolute Gasteiger partial charge is 0.469 e. The smallest absolute Gasteiger partial charge is 0.312 e. The van der Waals surface area contributed by atoms with Crippen LogP contribution in [0.15, 0.2) is 52.3 Å². The van der Waals surface area contributed by atoms with Crippen LogP contribution in [0.1, 0.15) is 29.5 Å². The van der Waals surface area contributed by atoms with Crippen LogP contribution in [0, 0.1) is 0 Å². The van der Waals surface area contributed by atoms with Crippen molar-refractivity contribution in [3.63, 3.8) is 0 Å². The molecular weight excluding hydrogens is 280 g/mol. The van der Waals surface area contributed by atoms with Crippen LogP contribution in [0.25, 0.3) is 0 Å². The molecule has 0 unspecified atom stereocenters. The Kier molecular flexibility index (Phi) is 4.02. The maximum absolute atomic E-state index is 11.7. The standard InChI is InChI=1S/C18H18O2S/c1-12(18(19)20-2)14-9-10-17-15(11-14)8-7-13-5-3-4-6-16(13)21-17/h3-6,9-12H,7-8H2,1-2H3/t12-/m0/s1. The molecule has 0 N–H and O–H groups in total. The second-order valence-corrected chi connectivity index (χ2v) is 6.41. The van der Waals surface area contributed by atoms with Crippen molar-refractivity contribution in [3.05, 3.63) is 59.2 Å². The quantitative estimate of drug-likeness (QED) is 0.777. The Bertz CT molecular complexity index is 679. The predicted molar refractivity (Wildman–Crippen MR) is 84.8 cm³/mol. The van der Waals surface area contributed by atoms with E-state index in [2.05, 4.69) is 36.4 Å². The SMILES string of the molecule is COC(=O)[C@@H](C)c1ccc2c(c1)CCc1ccccc1S2. The van der Waals surface area contributed by atoms with Crippen LogP contribution in [0.4, 0.5) is 0 Å². The minimum atomic E-state index is -0.212. The Morgan fingerprint density at radius 2 is 1.81 bits per heavy atom. The summed E-state index contributed by atoms with van der Waals surface area (Å²) in [6, 6.07) is 14.9. The van der Waals surface area contributed by atoms with Crippen LogP contribution in [-0.2, 0) is 22.4 Å². The van der Waals surface area contributed by atoms with Gasteiger partial charge >= 0.3 is 5.97 Å². The minimum Gasteiger partial charge on any atom is -0.469 e. The minimum absolute atomic E-state index is 0.181. The Labute approximate surface area is 129 Å². The molecule has 0 amide bonds. The van der Waals surface area contributed by atoms with Crippen LogP contribution in [0.2, 0.25) is 0 Å². The third kappa shape index (κ3) is 2.84. The van der Waals surface area contributed by atoms with Crippen LogP contribution in [-0.4, -0.2) is 13.1 Å². The van der Waals surface area contributed by atoms with Crippen molar-refractivity contribution in [3.8, 4) is 0 Å². The molecule has 2 aromatic carbocycles. The van der Waals surface area contributed by atoms with Gasteiger partial charge in [0.1, 0.15) is 0 Å². The first-order chi connectivity index (χ1) is 10.2. The Hall–Kier alpha value is -1.74. The van der Waals surface area contributed by atoms with Crippen molar-refractivity contribution in [2.45, 2.75) is 35.5 Å². The fourth-order valence-electron chi connectivity index (χ4n) is 2.67. The zero-order valence-corrected chi connectivity index (χ0v) is 13.1. The van der Waals surface area contributed by atoms with Gasteiger partial charge in [0, 0.05) is 9.79 Å². The molecule has 3 heteroatoms. The monoisotopic (exact) mass is 298 g/mol. The zero-order chi connectivity index (χ0) is 14.8.